The van der Waals surface area contributed by atoms with Crippen molar-refractivity contribution in [2.75, 3.05) is 6.54 Å². The summed E-state index contributed by atoms with van der Waals surface area (Å²) >= 11 is 0. The summed E-state index contributed by atoms with van der Waals surface area (Å²) < 4.78 is 82.7. The van der Waals surface area contributed by atoms with Crippen molar-refractivity contribution >= 4 is 20.3 Å². The molecule has 0 unspecified atom stereocenters. The van der Waals surface area contributed by atoms with E-state index in [9.17, 15) is 21.6 Å². The lowest BCUT2D eigenvalue weighted by atomic mass is 10.4. The predicted octanol–water partition coefficient (Wildman–Crippen LogP) is -0.0306. The second-order valence-corrected chi connectivity index (χ2v) is 5.72. The Labute approximate surface area is 101 Å². The normalized spacial score (nSPS) is 16.2. The van der Waals surface area contributed by atoms with Gasteiger partial charge in [-0.15, -0.1) is 0 Å². The van der Waals surface area contributed by atoms with Gasteiger partial charge in [-0.1, -0.05) is 12.2 Å². The van der Waals surface area contributed by atoms with Gasteiger partial charge in [0.05, 0.1) is 6.54 Å². The van der Waals surface area contributed by atoms with Crippen LogP contribution in [0.1, 0.15) is 0 Å². The minimum atomic E-state index is -5.23. The number of rotatable bonds is 1. The van der Waals surface area contributed by atoms with Crippen molar-refractivity contribution in [1.29, 1.82) is 0 Å². The molecule has 0 radical (unpaired) electrons. The molecular weight excluding hydrogens is 301 g/mol. The molecule has 0 bridgehead atoms. The van der Waals surface area contributed by atoms with Crippen molar-refractivity contribution in [1.82, 2.24) is 4.31 Å². The van der Waals surface area contributed by atoms with Crippen molar-refractivity contribution in [3.63, 3.8) is 0 Å². The Bertz CT molecular complexity index is 526. The van der Waals surface area contributed by atoms with E-state index in [1.165, 1.54) is 18.2 Å². The minimum absolute atomic E-state index is 0.243. The SMILES string of the molecule is NS(=O)(=O)O.O=S(=O)(N1C=CC=CC1)C(F)(F)F. The standard InChI is InChI=1S/C6H6F3NO2S.H3NO3S/c7-6(8,9)13(11,12)10-4-2-1-3-5-10;1-5(2,3)4/h1-4H,5H2;(H3,1,2,3,4). The molecule has 1 aliphatic rings. The van der Waals surface area contributed by atoms with E-state index < -0.39 is 25.8 Å². The first-order valence-corrected chi connectivity index (χ1v) is 6.96. The van der Waals surface area contributed by atoms with E-state index in [2.05, 4.69) is 5.14 Å². The van der Waals surface area contributed by atoms with Gasteiger partial charge < -0.3 is 0 Å². The first kappa shape index (κ1) is 16.9. The number of allylic oxidation sites excluding steroid dienone is 2. The fourth-order valence-corrected chi connectivity index (χ4v) is 1.54. The van der Waals surface area contributed by atoms with Gasteiger partial charge in [0.25, 0.3) is 0 Å². The molecule has 0 saturated heterocycles. The molecule has 1 heterocycles. The summed E-state index contributed by atoms with van der Waals surface area (Å²) in [7, 11) is -9.37. The van der Waals surface area contributed by atoms with Crippen molar-refractivity contribution < 1.29 is 34.6 Å². The molecule has 1 aliphatic heterocycles. The quantitative estimate of drug-likeness (QED) is 0.659. The lowest BCUT2D eigenvalue weighted by Crippen LogP contribution is -2.38. The Hall–Kier alpha value is -1.11. The highest BCUT2D eigenvalue weighted by Gasteiger charge is 2.49. The molecule has 12 heteroatoms. The Morgan fingerprint density at radius 2 is 1.61 bits per heavy atom. The molecule has 0 aromatic heterocycles. The third-order valence-corrected chi connectivity index (χ3v) is 2.86. The van der Waals surface area contributed by atoms with Crippen molar-refractivity contribution in [2.45, 2.75) is 5.51 Å². The zero-order chi connectivity index (χ0) is 14.6. The van der Waals surface area contributed by atoms with Crippen LogP contribution in [0.25, 0.3) is 0 Å². The molecule has 0 fully saturated rings. The summed E-state index contributed by atoms with van der Waals surface area (Å²) in [4.78, 5) is 0. The van der Waals surface area contributed by atoms with Gasteiger partial charge in [0.1, 0.15) is 0 Å². The van der Waals surface area contributed by atoms with Gasteiger partial charge >= 0.3 is 25.8 Å². The molecule has 0 atom stereocenters. The number of hydrogen-bond donors (Lipinski definition) is 2. The molecule has 7 nitrogen and oxygen atoms in total. The van der Waals surface area contributed by atoms with Gasteiger partial charge in [-0.25, -0.2) is 5.14 Å². The number of nitrogens with two attached hydrogens (primary N) is 1. The number of sulfonamides is 1. The Kier molecular flexibility index (Phi) is 5.34. The summed E-state index contributed by atoms with van der Waals surface area (Å²) in [6, 6.07) is 0. The molecule has 0 aliphatic carbocycles. The van der Waals surface area contributed by atoms with E-state index in [0.717, 1.165) is 6.20 Å². The van der Waals surface area contributed by atoms with E-state index >= 15 is 0 Å². The predicted molar refractivity (Wildman–Crippen MR) is 55.7 cm³/mol. The Morgan fingerprint density at radius 3 is 1.89 bits per heavy atom. The van der Waals surface area contributed by atoms with Crippen LogP contribution in [0.15, 0.2) is 24.4 Å². The number of nitrogens with zero attached hydrogens (tertiary/aromatic N) is 1. The zero-order valence-corrected chi connectivity index (χ0v) is 10.2. The van der Waals surface area contributed by atoms with E-state index in [1.54, 1.807) is 0 Å². The zero-order valence-electron chi connectivity index (χ0n) is 8.57. The lowest BCUT2D eigenvalue weighted by molar-refractivity contribution is -0.0475. The fourth-order valence-electron chi connectivity index (χ4n) is 0.761. The van der Waals surface area contributed by atoms with Gasteiger partial charge in [0.2, 0.25) is 0 Å². The molecule has 0 saturated carbocycles. The van der Waals surface area contributed by atoms with E-state index in [4.69, 9.17) is 13.0 Å². The highest BCUT2D eigenvalue weighted by molar-refractivity contribution is 7.90. The third kappa shape index (κ3) is 6.00. The third-order valence-electron chi connectivity index (χ3n) is 1.39. The van der Waals surface area contributed by atoms with Gasteiger partial charge in [-0.3, -0.25) is 8.86 Å². The van der Waals surface area contributed by atoms with Gasteiger partial charge in [0.15, 0.2) is 0 Å². The van der Waals surface area contributed by atoms with Crippen LogP contribution in [0.3, 0.4) is 0 Å². The first-order valence-electron chi connectivity index (χ1n) is 4.02. The summed E-state index contributed by atoms with van der Waals surface area (Å²) in [5.74, 6) is 0. The van der Waals surface area contributed by atoms with Crippen LogP contribution >= 0.6 is 0 Å². The molecular formula is C6H9F3N2O5S2. The fraction of sp³-hybridized carbons (Fsp3) is 0.333. The molecule has 3 N–H and O–H groups in total. The summed E-state index contributed by atoms with van der Waals surface area (Å²) in [6.45, 7) is -0.279. The van der Waals surface area contributed by atoms with Crippen LogP contribution in [0, 0.1) is 0 Å². The van der Waals surface area contributed by atoms with Crippen LogP contribution in [0.2, 0.25) is 0 Å². The highest BCUT2D eigenvalue weighted by Crippen LogP contribution is 2.27. The van der Waals surface area contributed by atoms with Crippen LogP contribution in [0.4, 0.5) is 13.2 Å². The molecule has 106 valence electrons. The van der Waals surface area contributed by atoms with Crippen molar-refractivity contribution in [2.24, 2.45) is 5.14 Å². The van der Waals surface area contributed by atoms with Crippen LogP contribution in [-0.4, -0.2) is 37.7 Å². The molecule has 18 heavy (non-hydrogen) atoms. The van der Waals surface area contributed by atoms with E-state index in [0.29, 0.717) is 0 Å². The maximum atomic E-state index is 11.9. The number of hydrogen-bond acceptors (Lipinski definition) is 4. The molecule has 0 amide bonds. The average molecular weight is 310 g/mol. The summed E-state index contributed by atoms with van der Waals surface area (Å²) in [5.41, 5.74) is -5.23. The maximum absolute atomic E-state index is 11.9. The van der Waals surface area contributed by atoms with E-state index in [-0.39, 0.29) is 10.8 Å². The van der Waals surface area contributed by atoms with Crippen LogP contribution in [0.5, 0.6) is 0 Å². The average Bonchev–Trinajstić information content (AvgIpc) is 2.14. The largest absolute Gasteiger partial charge is 0.516 e. The summed E-state index contributed by atoms with van der Waals surface area (Å²) in [5, 5.41) is 3.88. The monoisotopic (exact) mass is 310 g/mol. The number of alkyl halides is 3. The Balaban J connectivity index is 0.000000494. The van der Waals surface area contributed by atoms with Gasteiger partial charge in [-0.2, -0.15) is 30.0 Å². The van der Waals surface area contributed by atoms with Crippen molar-refractivity contribution in [3.05, 3.63) is 24.4 Å². The summed E-state index contributed by atoms with van der Waals surface area (Å²) in [6.07, 6.45) is 4.90. The minimum Gasteiger partial charge on any atom is -0.274 e. The molecule has 0 aromatic carbocycles. The second kappa shape index (κ2) is 5.69. The molecule has 0 spiro atoms. The van der Waals surface area contributed by atoms with Crippen LogP contribution in [-0.2, 0) is 20.3 Å². The topological polar surface area (TPSA) is 118 Å². The smallest absolute Gasteiger partial charge is 0.274 e. The highest BCUT2D eigenvalue weighted by atomic mass is 32.2. The van der Waals surface area contributed by atoms with Crippen molar-refractivity contribution in [3.8, 4) is 0 Å². The van der Waals surface area contributed by atoms with Gasteiger partial charge in [0, 0.05) is 6.20 Å². The lowest BCUT2D eigenvalue weighted by Gasteiger charge is -2.21. The van der Waals surface area contributed by atoms with E-state index in [1.807, 2.05) is 0 Å². The van der Waals surface area contributed by atoms with Gasteiger partial charge in [-0.05, 0) is 6.08 Å². The first-order chi connectivity index (χ1) is 7.86. The molecule has 0 aromatic rings. The second-order valence-electron chi connectivity index (χ2n) is 2.81. The molecule has 1 rings (SSSR count). The number of halogens is 3. The Morgan fingerprint density at radius 1 is 1.17 bits per heavy atom. The van der Waals surface area contributed by atoms with Crippen LogP contribution < -0.4 is 5.14 Å². The maximum Gasteiger partial charge on any atom is 0.516 e.